The van der Waals surface area contributed by atoms with Gasteiger partial charge in [-0.3, -0.25) is 0 Å². The van der Waals surface area contributed by atoms with E-state index in [1.807, 2.05) is 0 Å². The maximum atomic E-state index is 8.82. The first-order chi connectivity index (χ1) is 4.74. The number of ether oxygens (including phenoxy) is 1. The molecule has 4 heteroatoms. The normalized spacial score (nSPS) is 9.40. The number of halogens is 1. The molecule has 0 bridgehead atoms. The molecule has 0 saturated carbocycles. The molecule has 0 fully saturated rings. The third kappa shape index (κ3) is 1.30. The number of methoxy groups -OCH3 is 1. The van der Waals surface area contributed by atoms with Gasteiger partial charge in [-0.25, -0.2) is 4.98 Å². The second kappa shape index (κ2) is 2.75. The molecule has 0 aliphatic carbocycles. The van der Waals surface area contributed by atoms with E-state index in [1.54, 1.807) is 0 Å². The Kier molecular flexibility index (Phi) is 1.97. The molecule has 0 aliphatic rings. The van der Waals surface area contributed by atoms with Crippen LogP contribution < -0.4 is 4.74 Å². The lowest BCUT2D eigenvalue weighted by Crippen LogP contribution is -1.84. The summed E-state index contributed by atoms with van der Waals surface area (Å²) in [5, 5.41) is 9.21. The molecule has 1 aromatic rings. The van der Waals surface area contributed by atoms with Crippen molar-refractivity contribution in [3.63, 3.8) is 0 Å². The predicted octanol–water partition coefficient (Wildman–Crippen LogP) is 1.45. The molecule has 3 nitrogen and oxygen atoms in total. The molecule has 54 valence electrons. The van der Waals surface area contributed by atoms with E-state index in [0.717, 1.165) is 0 Å². The topological polar surface area (TPSA) is 42.4 Å². The molecule has 0 radical (unpaired) electrons. The standard InChI is InChI=1S/C6H6ClNO2/c1-10-5-2-6(9)8-3-4(5)7/h2-3H,1H3,(H,8,9). The smallest absolute Gasteiger partial charge is 0.214 e. The van der Waals surface area contributed by atoms with Crippen LogP contribution in [-0.2, 0) is 0 Å². The molecular weight excluding hydrogens is 154 g/mol. The van der Waals surface area contributed by atoms with Crippen LogP contribution >= 0.6 is 11.6 Å². The number of nitrogens with zero attached hydrogens (tertiary/aromatic N) is 1. The van der Waals surface area contributed by atoms with Gasteiger partial charge in [0.15, 0.2) is 0 Å². The van der Waals surface area contributed by atoms with Crippen molar-refractivity contribution in [3.8, 4) is 11.6 Å². The van der Waals surface area contributed by atoms with Gasteiger partial charge in [-0.15, -0.1) is 0 Å². The highest BCUT2D eigenvalue weighted by Gasteiger charge is 2.00. The maximum Gasteiger partial charge on any atom is 0.214 e. The molecule has 0 aliphatic heterocycles. The van der Waals surface area contributed by atoms with Gasteiger partial charge < -0.3 is 9.84 Å². The summed E-state index contributed by atoms with van der Waals surface area (Å²) in [6, 6.07) is 1.35. The molecule has 1 aromatic heterocycles. The molecule has 1 N–H and O–H groups in total. The van der Waals surface area contributed by atoms with Crippen LogP contribution in [0, 0.1) is 0 Å². The van der Waals surface area contributed by atoms with Crippen molar-refractivity contribution in [2.75, 3.05) is 7.11 Å². The van der Waals surface area contributed by atoms with Gasteiger partial charge in [0, 0.05) is 6.07 Å². The van der Waals surface area contributed by atoms with Gasteiger partial charge in [-0.05, 0) is 0 Å². The molecule has 0 atom stereocenters. The summed E-state index contributed by atoms with van der Waals surface area (Å²) in [6.45, 7) is 0. The third-order valence-corrected chi connectivity index (χ3v) is 1.31. The van der Waals surface area contributed by atoms with E-state index in [4.69, 9.17) is 21.4 Å². The van der Waals surface area contributed by atoms with Gasteiger partial charge in [0.2, 0.25) is 5.88 Å². The Morgan fingerprint density at radius 3 is 2.90 bits per heavy atom. The SMILES string of the molecule is COc1cc(O)ncc1Cl. The first-order valence-corrected chi connectivity index (χ1v) is 3.00. The fourth-order valence-electron chi connectivity index (χ4n) is 0.566. The van der Waals surface area contributed by atoms with Crippen LogP contribution in [0.5, 0.6) is 11.6 Å². The van der Waals surface area contributed by atoms with Gasteiger partial charge >= 0.3 is 0 Å². The first kappa shape index (κ1) is 7.15. The summed E-state index contributed by atoms with van der Waals surface area (Å²) in [7, 11) is 1.47. The van der Waals surface area contributed by atoms with Crippen LogP contribution in [0.2, 0.25) is 5.02 Å². The largest absolute Gasteiger partial charge is 0.495 e. The Morgan fingerprint density at radius 2 is 2.40 bits per heavy atom. The first-order valence-electron chi connectivity index (χ1n) is 2.62. The number of pyridine rings is 1. The van der Waals surface area contributed by atoms with E-state index >= 15 is 0 Å². The van der Waals surface area contributed by atoms with Crippen molar-refractivity contribution in [1.82, 2.24) is 4.98 Å². The van der Waals surface area contributed by atoms with Crippen molar-refractivity contribution < 1.29 is 9.84 Å². The van der Waals surface area contributed by atoms with Gasteiger partial charge in [0.05, 0.1) is 13.3 Å². The molecule has 0 aromatic carbocycles. The van der Waals surface area contributed by atoms with Crippen LogP contribution in [0.4, 0.5) is 0 Å². The number of hydrogen-bond donors (Lipinski definition) is 1. The van der Waals surface area contributed by atoms with E-state index < -0.39 is 0 Å². The minimum atomic E-state index is -0.0961. The van der Waals surface area contributed by atoms with Gasteiger partial charge in [0.1, 0.15) is 10.8 Å². The molecular formula is C6H6ClNO2. The van der Waals surface area contributed by atoms with E-state index in [2.05, 4.69) is 4.98 Å². The molecule has 0 amide bonds. The van der Waals surface area contributed by atoms with Gasteiger partial charge in [-0.1, -0.05) is 11.6 Å². The Balaban J connectivity index is 3.09. The third-order valence-electron chi connectivity index (χ3n) is 1.03. The molecule has 1 rings (SSSR count). The number of rotatable bonds is 1. The Hall–Kier alpha value is -0.960. The highest BCUT2D eigenvalue weighted by atomic mass is 35.5. The number of aromatic hydroxyl groups is 1. The Bertz CT molecular complexity index is 239. The van der Waals surface area contributed by atoms with E-state index in [-0.39, 0.29) is 5.88 Å². The van der Waals surface area contributed by atoms with Crippen LogP contribution in [0.15, 0.2) is 12.3 Å². The van der Waals surface area contributed by atoms with E-state index in [0.29, 0.717) is 10.8 Å². The van der Waals surface area contributed by atoms with Crippen molar-refractivity contribution in [1.29, 1.82) is 0 Å². The highest BCUT2D eigenvalue weighted by molar-refractivity contribution is 6.31. The summed E-state index contributed by atoms with van der Waals surface area (Å²) in [6.07, 6.45) is 1.33. The molecule has 0 saturated heterocycles. The van der Waals surface area contributed by atoms with Crippen LogP contribution in [0.1, 0.15) is 0 Å². The number of aromatic nitrogens is 1. The van der Waals surface area contributed by atoms with E-state index in [1.165, 1.54) is 19.4 Å². The van der Waals surface area contributed by atoms with Crippen LogP contribution in [-0.4, -0.2) is 17.2 Å². The molecule has 10 heavy (non-hydrogen) atoms. The van der Waals surface area contributed by atoms with Gasteiger partial charge in [0.25, 0.3) is 0 Å². The fourth-order valence-corrected chi connectivity index (χ4v) is 0.747. The second-order valence-corrected chi connectivity index (χ2v) is 2.08. The quantitative estimate of drug-likeness (QED) is 0.675. The molecule has 0 spiro atoms. The van der Waals surface area contributed by atoms with Crippen LogP contribution in [0.3, 0.4) is 0 Å². The summed E-state index contributed by atoms with van der Waals surface area (Å²) < 4.78 is 4.79. The van der Waals surface area contributed by atoms with Crippen molar-refractivity contribution >= 4 is 11.6 Å². The zero-order valence-electron chi connectivity index (χ0n) is 5.34. The maximum absolute atomic E-state index is 8.82. The van der Waals surface area contributed by atoms with Crippen molar-refractivity contribution in [2.45, 2.75) is 0 Å². The van der Waals surface area contributed by atoms with Crippen molar-refractivity contribution in [2.24, 2.45) is 0 Å². The minimum absolute atomic E-state index is 0.0961. The zero-order valence-corrected chi connectivity index (χ0v) is 6.09. The molecule has 1 heterocycles. The fraction of sp³-hybridized carbons (Fsp3) is 0.167. The lowest BCUT2D eigenvalue weighted by molar-refractivity contribution is 0.403. The lowest BCUT2D eigenvalue weighted by Gasteiger charge is -2.00. The summed E-state index contributed by atoms with van der Waals surface area (Å²) in [5.41, 5.74) is 0. The number of hydrogen-bond acceptors (Lipinski definition) is 3. The van der Waals surface area contributed by atoms with Crippen molar-refractivity contribution in [3.05, 3.63) is 17.3 Å². The highest BCUT2D eigenvalue weighted by Crippen LogP contribution is 2.25. The predicted molar refractivity (Wildman–Crippen MR) is 37.5 cm³/mol. The average molecular weight is 160 g/mol. The average Bonchev–Trinajstić information content (AvgIpc) is 1.94. The second-order valence-electron chi connectivity index (χ2n) is 1.68. The zero-order chi connectivity index (χ0) is 7.56. The van der Waals surface area contributed by atoms with E-state index in [9.17, 15) is 0 Å². The Morgan fingerprint density at radius 1 is 1.70 bits per heavy atom. The van der Waals surface area contributed by atoms with Gasteiger partial charge in [-0.2, -0.15) is 0 Å². The Labute approximate surface area is 63.2 Å². The summed E-state index contributed by atoms with van der Waals surface area (Å²) >= 11 is 5.60. The molecule has 0 unspecified atom stereocenters. The lowest BCUT2D eigenvalue weighted by atomic mass is 10.4. The minimum Gasteiger partial charge on any atom is -0.495 e. The summed E-state index contributed by atoms with van der Waals surface area (Å²) in [5.74, 6) is 0.329. The monoisotopic (exact) mass is 159 g/mol. The summed E-state index contributed by atoms with van der Waals surface area (Å²) in [4.78, 5) is 3.53. The van der Waals surface area contributed by atoms with Crippen LogP contribution in [0.25, 0.3) is 0 Å².